The Morgan fingerprint density at radius 1 is 0.667 bits per heavy atom. The van der Waals surface area contributed by atoms with Crippen molar-refractivity contribution < 1.29 is 25.2 Å². The average Bonchev–Trinajstić information content (AvgIpc) is 2.64. The van der Waals surface area contributed by atoms with Crippen molar-refractivity contribution in [3.8, 4) is 0 Å². The van der Waals surface area contributed by atoms with Crippen LogP contribution in [0, 0.1) is 6.92 Å². The van der Waals surface area contributed by atoms with Gasteiger partial charge in [0.1, 0.15) is 0 Å². The molecule has 0 radical (unpaired) electrons. The molecule has 0 amide bonds. The van der Waals surface area contributed by atoms with E-state index >= 15 is 0 Å². The molecule has 0 aromatic heterocycles. The predicted molar refractivity (Wildman–Crippen MR) is 100 cm³/mol. The standard InChI is InChI=1S/C19H22O6S2/c1-15-7-13-19(14-8-15)27(22,23)25-17-11-9-16(10-12-17)24-26(20,21)18-5-3-2-4-6-18/h2-8,13-14,16-17H,9-12H2,1H3. The van der Waals surface area contributed by atoms with Crippen LogP contribution in [-0.4, -0.2) is 29.0 Å². The Morgan fingerprint density at radius 3 is 1.52 bits per heavy atom. The van der Waals surface area contributed by atoms with Gasteiger partial charge in [-0.25, -0.2) is 0 Å². The highest BCUT2D eigenvalue weighted by Gasteiger charge is 2.30. The molecule has 27 heavy (non-hydrogen) atoms. The normalized spacial score (nSPS) is 21.1. The van der Waals surface area contributed by atoms with E-state index in [2.05, 4.69) is 0 Å². The summed E-state index contributed by atoms with van der Waals surface area (Å²) in [4.78, 5) is 0.239. The second kappa shape index (κ2) is 8.10. The lowest BCUT2D eigenvalue weighted by Crippen LogP contribution is -2.29. The molecular formula is C19H22O6S2. The van der Waals surface area contributed by atoms with Crippen LogP contribution in [0.3, 0.4) is 0 Å². The molecule has 1 fully saturated rings. The van der Waals surface area contributed by atoms with Gasteiger partial charge in [-0.1, -0.05) is 35.9 Å². The zero-order chi connectivity index (χ0) is 19.5. The van der Waals surface area contributed by atoms with Crippen LogP contribution in [-0.2, 0) is 28.6 Å². The molecule has 1 aliphatic rings. The highest BCUT2D eigenvalue weighted by atomic mass is 32.2. The van der Waals surface area contributed by atoms with Gasteiger partial charge in [-0.2, -0.15) is 16.8 Å². The first-order chi connectivity index (χ1) is 12.8. The predicted octanol–water partition coefficient (Wildman–Crippen LogP) is 3.42. The Bertz CT molecular complexity index is 959. The Labute approximate surface area is 160 Å². The number of hydrogen-bond donors (Lipinski definition) is 0. The molecule has 1 saturated carbocycles. The topological polar surface area (TPSA) is 86.7 Å². The van der Waals surface area contributed by atoms with Crippen molar-refractivity contribution in [2.24, 2.45) is 0 Å². The molecule has 0 saturated heterocycles. The lowest BCUT2D eigenvalue weighted by Gasteiger charge is -2.27. The molecule has 8 heteroatoms. The largest absolute Gasteiger partial charge is 0.297 e. The van der Waals surface area contributed by atoms with Crippen LogP contribution in [0.4, 0.5) is 0 Å². The van der Waals surface area contributed by atoms with Crippen LogP contribution < -0.4 is 0 Å². The molecule has 0 unspecified atom stereocenters. The van der Waals surface area contributed by atoms with Gasteiger partial charge in [0.15, 0.2) is 0 Å². The van der Waals surface area contributed by atoms with Gasteiger partial charge in [-0.3, -0.25) is 8.37 Å². The summed E-state index contributed by atoms with van der Waals surface area (Å²) in [5.74, 6) is 0. The lowest BCUT2D eigenvalue weighted by molar-refractivity contribution is 0.0878. The summed E-state index contributed by atoms with van der Waals surface area (Å²) < 4.78 is 59.9. The lowest BCUT2D eigenvalue weighted by atomic mass is 9.95. The van der Waals surface area contributed by atoms with Crippen LogP contribution in [0.2, 0.25) is 0 Å². The number of aryl methyl sites for hydroxylation is 1. The maximum absolute atomic E-state index is 12.4. The van der Waals surface area contributed by atoms with Gasteiger partial charge >= 0.3 is 0 Å². The Morgan fingerprint density at radius 2 is 1.07 bits per heavy atom. The fraction of sp³-hybridized carbons (Fsp3) is 0.368. The minimum absolute atomic E-state index is 0.116. The zero-order valence-corrected chi connectivity index (χ0v) is 16.6. The molecule has 0 bridgehead atoms. The van der Waals surface area contributed by atoms with E-state index in [1.54, 1.807) is 30.3 Å². The van der Waals surface area contributed by atoms with E-state index in [0.29, 0.717) is 25.7 Å². The Balaban J connectivity index is 1.57. The summed E-state index contributed by atoms with van der Waals surface area (Å²) in [7, 11) is -7.65. The third-order valence-corrected chi connectivity index (χ3v) is 7.24. The molecule has 3 rings (SSSR count). The van der Waals surface area contributed by atoms with Crippen LogP contribution in [0.1, 0.15) is 31.2 Å². The highest BCUT2D eigenvalue weighted by molar-refractivity contribution is 7.87. The smallest absolute Gasteiger partial charge is 0.263 e. The number of rotatable bonds is 6. The molecule has 0 aliphatic heterocycles. The molecule has 2 aromatic rings. The first-order valence-corrected chi connectivity index (χ1v) is 11.6. The van der Waals surface area contributed by atoms with Gasteiger partial charge in [0.2, 0.25) is 0 Å². The van der Waals surface area contributed by atoms with E-state index in [4.69, 9.17) is 8.37 Å². The second-order valence-corrected chi connectivity index (χ2v) is 9.77. The summed E-state index contributed by atoms with van der Waals surface area (Å²) in [5.41, 5.74) is 0.964. The van der Waals surface area contributed by atoms with Gasteiger partial charge in [0, 0.05) is 0 Å². The minimum Gasteiger partial charge on any atom is -0.263 e. The quantitative estimate of drug-likeness (QED) is 0.678. The molecule has 0 heterocycles. The van der Waals surface area contributed by atoms with Crippen LogP contribution in [0.25, 0.3) is 0 Å². The third kappa shape index (κ3) is 5.16. The van der Waals surface area contributed by atoms with Gasteiger partial charge < -0.3 is 0 Å². The molecule has 0 spiro atoms. The molecule has 0 atom stereocenters. The first kappa shape index (κ1) is 20.0. The summed E-state index contributed by atoms with van der Waals surface area (Å²) in [6.45, 7) is 1.88. The SMILES string of the molecule is Cc1ccc(S(=O)(=O)OC2CCC(OS(=O)(=O)c3ccccc3)CC2)cc1. The van der Waals surface area contributed by atoms with Crippen molar-refractivity contribution in [2.45, 2.75) is 54.6 Å². The second-order valence-electron chi connectivity index (χ2n) is 6.63. The highest BCUT2D eigenvalue weighted by Crippen LogP contribution is 2.29. The maximum atomic E-state index is 12.4. The Hall–Kier alpha value is -1.74. The van der Waals surface area contributed by atoms with Gasteiger partial charge in [-0.15, -0.1) is 0 Å². The van der Waals surface area contributed by atoms with E-state index in [-0.39, 0.29) is 9.79 Å². The fourth-order valence-corrected chi connectivity index (χ4v) is 5.27. The minimum atomic E-state index is -3.83. The van der Waals surface area contributed by atoms with Gasteiger partial charge in [0.25, 0.3) is 20.2 Å². The van der Waals surface area contributed by atoms with E-state index < -0.39 is 32.4 Å². The van der Waals surface area contributed by atoms with Crippen molar-refractivity contribution in [1.29, 1.82) is 0 Å². The molecular weight excluding hydrogens is 388 g/mol. The maximum Gasteiger partial charge on any atom is 0.297 e. The molecule has 2 aromatic carbocycles. The first-order valence-electron chi connectivity index (χ1n) is 8.74. The summed E-state index contributed by atoms with van der Waals surface area (Å²) >= 11 is 0. The summed E-state index contributed by atoms with van der Waals surface area (Å²) in [6, 6.07) is 14.4. The third-order valence-electron chi connectivity index (χ3n) is 4.49. The van der Waals surface area contributed by atoms with Gasteiger partial charge in [0.05, 0.1) is 22.0 Å². The molecule has 0 N–H and O–H groups in total. The Kier molecular flexibility index (Phi) is 6.00. The van der Waals surface area contributed by atoms with Crippen molar-refractivity contribution in [3.63, 3.8) is 0 Å². The van der Waals surface area contributed by atoms with E-state index in [1.165, 1.54) is 24.3 Å². The zero-order valence-electron chi connectivity index (χ0n) is 14.9. The van der Waals surface area contributed by atoms with Crippen molar-refractivity contribution in [1.82, 2.24) is 0 Å². The van der Waals surface area contributed by atoms with Crippen LogP contribution in [0.5, 0.6) is 0 Å². The van der Waals surface area contributed by atoms with E-state index in [1.807, 2.05) is 6.92 Å². The fourth-order valence-electron chi connectivity index (χ4n) is 2.99. The number of hydrogen-bond acceptors (Lipinski definition) is 6. The molecule has 146 valence electrons. The van der Waals surface area contributed by atoms with Crippen molar-refractivity contribution >= 4 is 20.2 Å². The van der Waals surface area contributed by atoms with E-state index in [9.17, 15) is 16.8 Å². The average molecular weight is 411 g/mol. The summed E-state index contributed by atoms with van der Waals surface area (Å²) in [6.07, 6.45) is 0.716. The number of benzene rings is 2. The molecule has 6 nitrogen and oxygen atoms in total. The summed E-state index contributed by atoms with van der Waals surface area (Å²) in [5, 5.41) is 0. The van der Waals surface area contributed by atoms with Crippen LogP contribution >= 0.6 is 0 Å². The van der Waals surface area contributed by atoms with E-state index in [0.717, 1.165) is 5.56 Å². The van der Waals surface area contributed by atoms with Crippen LogP contribution in [0.15, 0.2) is 64.4 Å². The monoisotopic (exact) mass is 410 g/mol. The van der Waals surface area contributed by atoms with Crippen molar-refractivity contribution in [2.75, 3.05) is 0 Å². The molecule has 1 aliphatic carbocycles. The van der Waals surface area contributed by atoms with Crippen molar-refractivity contribution in [3.05, 3.63) is 60.2 Å². The van der Waals surface area contributed by atoms with Gasteiger partial charge in [-0.05, 0) is 56.9 Å².